The van der Waals surface area contributed by atoms with Crippen molar-refractivity contribution >= 4 is 17.3 Å². The van der Waals surface area contributed by atoms with Gasteiger partial charge >= 0.3 is 0 Å². The van der Waals surface area contributed by atoms with Gasteiger partial charge in [-0.15, -0.1) is 0 Å². The van der Waals surface area contributed by atoms with E-state index >= 15 is 0 Å². The third-order valence-electron chi connectivity index (χ3n) is 2.70. The van der Waals surface area contributed by atoms with Gasteiger partial charge in [-0.3, -0.25) is 5.43 Å². The van der Waals surface area contributed by atoms with Crippen molar-refractivity contribution in [3.8, 4) is 0 Å². The van der Waals surface area contributed by atoms with Crippen molar-refractivity contribution in [2.75, 3.05) is 0 Å². The van der Waals surface area contributed by atoms with Crippen LogP contribution in [0.1, 0.15) is 26.7 Å². The Morgan fingerprint density at radius 2 is 2.33 bits per heavy atom. The van der Waals surface area contributed by atoms with Crippen LogP contribution >= 0.6 is 12.2 Å². The summed E-state index contributed by atoms with van der Waals surface area (Å²) in [6, 6.07) is 0.366. The number of hydrazine groups is 1. The fourth-order valence-electron chi connectivity index (χ4n) is 1.95. The van der Waals surface area contributed by atoms with Gasteiger partial charge in [0.2, 0.25) is 0 Å². The maximum Gasteiger partial charge on any atom is 0.185 e. The first-order valence-corrected chi connectivity index (χ1v) is 5.79. The number of allylic oxidation sites excluding steroid dienone is 4. The van der Waals surface area contributed by atoms with Crippen LogP contribution in [0.3, 0.4) is 0 Å². The molecule has 0 heterocycles. The Kier molecular flexibility index (Phi) is 2.95. The average Bonchev–Trinajstić information content (AvgIpc) is 2.46. The van der Waals surface area contributed by atoms with Crippen LogP contribution in [0.25, 0.3) is 0 Å². The van der Waals surface area contributed by atoms with Crippen molar-refractivity contribution in [3.63, 3.8) is 0 Å². The quantitative estimate of drug-likeness (QED) is 0.502. The Balaban J connectivity index is 1.77. The second-order valence-corrected chi connectivity index (χ2v) is 4.76. The van der Waals surface area contributed by atoms with E-state index < -0.39 is 0 Å². The molecule has 4 heteroatoms. The van der Waals surface area contributed by atoms with Crippen molar-refractivity contribution in [1.82, 2.24) is 16.2 Å². The Hall–Kier alpha value is -1.03. The number of nitrogens with one attached hydrogen (secondary N) is 3. The summed E-state index contributed by atoms with van der Waals surface area (Å²) in [5, 5.41) is 3.78. The standard InChI is InChI=1S/C11H17N3S/c1-7(2)12-11(15)14-13-10-6-8-4-3-5-9(8)10/h3,5,7-8,13H,4,6H2,1-2H3,(H2,12,14,15)/t8-/m1/s1. The lowest BCUT2D eigenvalue weighted by Gasteiger charge is -2.29. The van der Waals surface area contributed by atoms with E-state index in [-0.39, 0.29) is 0 Å². The van der Waals surface area contributed by atoms with Crippen LogP contribution in [0.2, 0.25) is 0 Å². The molecule has 3 nitrogen and oxygen atoms in total. The van der Waals surface area contributed by atoms with Crippen molar-refractivity contribution in [2.24, 2.45) is 5.92 Å². The zero-order valence-electron chi connectivity index (χ0n) is 9.13. The van der Waals surface area contributed by atoms with Crippen LogP contribution in [0, 0.1) is 5.92 Å². The molecule has 15 heavy (non-hydrogen) atoms. The summed E-state index contributed by atoms with van der Waals surface area (Å²) in [5.74, 6) is 0.765. The monoisotopic (exact) mass is 223 g/mol. The Morgan fingerprint density at radius 1 is 1.53 bits per heavy atom. The van der Waals surface area contributed by atoms with Gasteiger partial charge in [0, 0.05) is 11.7 Å². The molecule has 0 aromatic carbocycles. The van der Waals surface area contributed by atoms with Crippen LogP contribution in [0.4, 0.5) is 0 Å². The summed E-state index contributed by atoms with van der Waals surface area (Å²) in [4.78, 5) is 0. The first-order chi connectivity index (χ1) is 7.16. The van der Waals surface area contributed by atoms with E-state index in [2.05, 4.69) is 42.2 Å². The fraction of sp³-hybridized carbons (Fsp3) is 0.545. The molecular formula is C11H17N3S. The van der Waals surface area contributed by atoms with Crippen LogP contribution < -0.4 is 16.2 Å². The van der Waals surface area contributed by atoms with E-state index in [1.54, 1.807) is 0 Å². The second-order valence-electron chi connectivity index (χ2n) is 4.35. The molecule has 0 unspecified atom stereocenters. The highest BCUT2D eigenvalue weighted by Crippen LogP contribution is 2.40. The lowest BCUT2D eigenvalue weighted by molar-refractivity contribution is 0.513. The summed E-state index contributed by atoms with van der Waals surface area (Å²) in [5.41, 5.74) is 8.90. The molecule has 1 atom stereocenters. The first-order valence-electron chi connectivity index (χ1n) is 5.39. The molecule has 0 fully saturated rings. The number of fused-ring (bicyclic) bond motifs is 1. The molecule has 0 saturated heterocycles. The van der Waals surface area contributed by atoms with Gasteiger partial charge in [-0.1, -0.05) is 12.2 Å². The molecule has 0 radical (unpaired) electrons. The Bertz CT molecular complexity index is 331. The molecule has 0 bridgehead atoms. The van der Waals surface area contributed by atoms with Gasteiger partial charge in [0.05, 0.1) is 0 Å². The average molecular weight is 223 g/mol. The molecule has 3 N–H and O–H groups in total. The third kappa shape index (κ3) is 2.31. The molecule has 82 valence electrons. The van der Waals surface area contributed by atoms with Crippen LogP contribution in [0.5, 0.6) is 0 Å². The van der Waals surface area contributed by atoms with E-state index in [9.17, 15) is 0 Å². The van der Waals surface area contributed by atoms with Crippen molar-refractivity contribution in [3.05, 3.63) is 23.4 Å². The highest BCUT2D eigenvalue weighted by molar-refractivity contribution is 7.80. The summed E-state index contributed by atoms with van der Waals surface area (Å²) in [7, 11) is 0. The van der Waals surface area contributed by atoms with Crippen LogP contribution in [0.15, 0.2) is 23.4 Å². The lowest BCUT2D eigenvalue weighted by atomic mass is 9.84. The van der Waals surface area contributed by atoms with E-state index in [1.165, 1.54) is 17.7 Å². The number of hydrogen-bond acceptors (Lipinski definition) is 2. The van der Waals surface area contributed by atoms with Gasteiger partial charge in [0.15, 0.2) is 5.11 Å². The predicted octanol–water partition coefficient (Wildman–Crippen LogP) is 1.60. The SMILES string of the molecule is CC(C)NC(=S)NNC1=C2C=CC[C@@H]2C1. The molecule has 2 aliphatic rings. The highest BCUT2D eigenvalue weighted by Gasteiger charge is 2.29. The van der Waals surface area contributed by atoms with Crippen molar-refractivity contribution in [2.45, 2.75) is 32.7 Å². The van der Waals surface area contributed by atoms with Gasteiger partial charge in [0.1, 0.15) is 0 Å². The Morgan fingerprint density at radius 3 is 3.00 bits per heavy atom. The predicted molar refractivity (Wildman–Crippen MR) is 66.0 cm³/mol. The topological polar surface area (TPSA) is 36.1 Å². The van der Waals surface area contributed by atoms with Crippen molar-refractivity contribution < 1.29 is 0 Å². The molecule has 0 spiro atoms. The van der Waals surface area contributed by atoms with Gasteiger partial charge in [-0.2, -0.15) is 0 Å². The first kappa shape index (κ1) is 10.5. The van der Waals surface area contributed by atoms with E-state index in [0.29, 0.717) is 11.2 Å². The minimum Gasteiger partial charge on any atom is -0.359 e. The number of rotatable bonds is 3. The number of hydrogen-bond donors (Lipinski definition) is 3. The maximum atomic E-state index is 5.12. The largest absolute Gasteiger partial charge is 0.359 e. The molecule has 0 aromatic heterocycles. The fourth-order valence-corrected chi connectivity index (χ4v) is 2.24. The Labute approximate surface area is 96.0 Å². The van der Waals surface area contributed by atoms with Gasteiger partial charge in [-0.05, 0) is 50.4 Å². The second kappa shape index (κ2) is 4.23. The maximum absolute atomic E-state index is 5.12. The minimum atomic E-state index is 0.366. The molecule has 2 aliphatic carbocycles. The molecule has 0 saturated carbocycles. The third-order valence-corrected chi connectivity index (χ3v) is 2.92. The van der Waals surface area contributed by atoms with Crippen LogP contribution in [-0.2, 0) is 0 Å². The van der Waals surface area contributed by atoms with E-state index in [4.69, 9.17) is 12.2 Å². The van der Waals surface area contributed by atoms with E-state index in [1.807, 2.05) is 0 Å². The van der Waals surface area contributed by atoms with Crippen molar-refractivity contribution in [1.29, 1.82) is 0 Å². The smallest absolute Gasteiger partial charge is 0.185 e. The zero-order chi connectivity index (χ0) is 10.8. The van der Waals surface area contributed by atoms with Gasteiger partial charge < -0.3 is 10.7 Å². The van der Waals surface area contributed by atoms with Gasteiger partial charge in [0.25, 0.3) is 0 Å². The lowest BCUT2D eigenvalue weighted by Crippen LogP contribution is -2.47. The minimum absolute atomic E-state index is 0.366. The normalized spacial score (nSPS) is 22.5. The summed E-state index contributed by atoms with van der Waals surface area (Å²) < 4.78 is 0. The van der Waals surface area contributed by atoms with E-state index in [0.717, 1.165) is 12.3 Å². The molecule has 0 aromatic rings. The summed E-state index contributed by atoms with van der Waals surface area (Å²) in [6.07, 6.45) is 6.78. The zero-order valence-corrected chi connectivity index (χ0v) is 9.95. The molecule has 0 aliphatic heterocycles. The molecule has 0 amide bonds. The number of thiocarbonyl (C=S) groups is 1. The molecular weight excluding hydrogens is 206 g/mol. The summed E-state index contributed by atoms with van der Waals surface area (Å²) in [6.45, 7) is 4.13. The van der Waals surface area contributed by atoms with Crippen LogP contribution in [-0.4, -0.2) is 11.2 Å². The van der Waals surface area contributed by atoms with Gasteiger partial charge in [-0.25, -0.2) is 0 Å². The molecule has 2 rings (SSSR count). The summed E-state index contributed by atoms with van der Waals surface area (Å²) >= 11 is 5.12. The highest BCUT2D eigenvalue weighted by atomic mass is 32.1.